The van der Waals surface area contributed by atoms with Crippen molar-refractivity contribution in [1.29, 1.82) is 0 Å². The molecule has 1 aliphatic rings. The second kappa shape index (κ2) is 11.9. The number of benzene rings is 3. The van der Waals surface area contributed by atoms with E-state index in [9.17, 15) is 14.4 Å². The van der Waals surface area contributed by atoms with Crippen LogP contribution in [-0.4, -0.2) is 62.0 Å². The Hall–Kier alpha value is -4.54. The molecule has 0 fully saturated rings. The second-order valence-electron chi connectivity index (χ2n) is 9.99. The van der Waals surface area contributed by atoms with Gasteiger partial charge in [-0.3, -0.25) is 9.59 Å². The van der Waals surface area contributed by atoms with E-state index in [2.05, 4.69) is 20.5 Å². The standard InChI is InChI=1S/C31H31N5O4S/c1-19(37)36(15-5-14-35(2)3)23-10-8-22(9-11-23)33-29(20-7-13-27-26(16-20)32-18-41-27)28-24-12-6-21(31(39)40-4)17-25(24)34-30(28)38/h6-13,16-18,33H,5,14-15H2,1-4H3,(H,34,38). The van der Waals surface area contributed by atoms with Crippen molar-refractivity contribution < 1.29 is 19.1 Å². The van der Waals surface area contributed by atoms with Gasteiger partial charge in [-0.2, -0.15) is 0 Å². The van der Waals surface area contributed by atoms with Gasteiger partial charge in [0.2, 0.25) is 5.91 Å². The van der Waals surface area contributed by atoms with E-state index in [0.717, 1.165) is 40.1 Å². The smallest absolute Gasteiger partial charge is 0.337 e. The molecule has 4 aromatic rings. The van der Waals surface area contributed by atoms with Crippen molar-refractivity contribution in [2.45, 2.75) is 13.3 Å². The number of carbonyl (C=O) groups is 3. The zero-order valence-corrected chi connectivity index (χ0v) is 24.2. The minimum Gasteiger partial charge on any atom is -0.465 e. The van der Waals surface area contributed by atoms with Gasteiger partial charge in [0.15, 0.2) is 0 Å². The lowest BCUT2D eigenvalue weighted by Gasteiger charge is -2.23. The molecular weight excluding hydrogens is 538 g/mol. The molecule has 3 aromatic carbocycles. The number of methoxy groups -OCH3 is 1. The van der Waals surface area contributed by atoms with Crippen LogP contribution in [0.15, 0.2) is 66.2 Å². The van der Waals surface area contributed by atoms with Crippen LogP contribution in [0.5, 0.6) is 0 Å². The fourth-order valence-electron chi connectivity index (χ4n) is 4.84. The Morgan fingerprint density at radius 3 is 2.46 bits per heavy atom. The molecule has 2 heterocycles. The maximum Gasteiger partial charge on any atom is 0.337 e. The Morgan fingerprint density at radius 1 is 1.00 bits per heavy atom. The number of hydrogen-bond donors (Lipinski definition) is 2. The first-order valence-corrected chi connectivity index (χ1v) is 14.0. The van der Waals surface area contributed by atoms with Gasteiger partial charge in [-0.15, -0.1) is 11.3 Å². The lowest BCUT2D eigenvalue weighted by Crippen LogP contribution is -2.31. The van der Waals surface area contributed by atoms with Crippen LogP contribution in [0, 0.1) is 0 Å². The predicted molar refractivity (Wildman–Crippen MR) is 164 cm³/mol. The summed E-state index contributed by atoms with van der Waals surface area (Å²) in [7, 11) is 5.34. The highest BCUT2D eigenvalue weighted by Gasteiger charge is 2.29. The first-order chi connectivity index (χ1) is 19.7. The number of rotatable bonds is 9. The van der Waals surface area contributed by atoms with Crippen LogP contribution in [0.1, 0.15) is 34.8 Å². The summed E-state index contributed by atoms with van der Waals surface area (Å²) in [4.78, 5) is 46.2. The number of carbonyl (C=O) groups excluding carboxylic acids is 3. The largest absolute Gasteiger partial charge is 0.465 e. The molecule has 0 bridgehead atoms. The molecule has 0 saturated heterocycles. The van der Waals surface area contributed by atoms with Crippen LogP contribution in [0.4, 0.5) is 17.1 Å². The minimum absolute atomic E-state index is 0.0191. The molecule has 9 nitrogen and oxygen atoms in total. The average molecular weight is 570 g/mol. The molecule has 2 amide bonds. The summed E-state index contributed by atoms with van der Waals surface area (Å²) in [6.45, 7) is 3.07. The Bertz CT molecular complexity index is 1660. The lowest BCUT2D eigenvalue weighted by molar-refractivity contribution is -0.116. The van der Waals surface area contributed by atoms with Crippen LogP contribution in [0.25, 0.3) is 21.5 Å². The van der Waals surface area contributed by atoms with E-state index in [-0.39, 0.29) is 11.8 Å². The van der Waals surface area contributed by atoms with Crippen molar-refractivity contribution in [3.05, 3.63) is 82.9 Å². The molecule has 5 rings (SSSR count). The van der Waals surface area contributed by atoms with Crippen LogP contribution in [-0.2, 0) is 14.3 Å². The predicted octanol–water partition coefficient (Wildman–Crippen LogP) is 5.32. The topological polar surface area (TPSA) is 104 Å². The molecule has 210 valence electrons. The van der Waals surface area contributed by atoms with Gasteiger partial charge in [0.25, 0.3) is 5.91 Å². The van der Waals surface area contributed by atoms with E-state index in [4.69, 9.17) is 4.74 Å². The number of thiazole rings is 1. The first-order valence-electron chi connectivity index (χ1n) is 13.2. The fourth-order valence-corrected chi connectivity index (χ4v) is 5.50. The zero-order valence-electron chi connectivity index (χ0n) is 23.4. The van der Waals surface area contributed by atoms with E-state index in [0.29, 0.717) is 34.6 Å². The maximum absolute atomic E-state index is 13.4. The first kappa shape index (κ1) is 28.0. The van der Waals surface area contributed by atoms with Crippen molar-refractivity contribution in [1.82, 2.24) is 9.88 Å². The number of anilines is 3. The highest BCUT2D eigenvalue weighted by atomic mass is 32.1. The summed E-state index contributed by atoms with van der Waals surface area (Å²) in [5.41, 5.74) is 7.57. The molecule has 0 aliphatic carbocycles. The third kappa shape index (κ3) is 5.98. The third-order valence-corrected chi connectivity index (χ3v) is 7.68. The summed E-state index contributed by atoms with van der Waals surface area (Å²) < 4.78 is 5.89. The van der Waals surface area contributed by atoms with E-state index in [1.165, 1.54) is 7.11 Å². The monoisotopic (exact) mass is 569 g/mol. The zero-order chi connectivity index (χ0) is 29.1. The molecular formula is C31H31N5O4S. The van der Waals surface area contributed by atoms with Crippen molar-refractivity contribution >= 4 is 67.7 Å². The number of ether oxygens (including phenoxy) is 1. The van der Waals surface area contributed by atoms with Crippen LogP contribution in [0.2, 0.25) is 0 Å². The van der Waals surface area contributed by atoms with Gasteiger partial charge in [-0.05, 0) is 75.6 Å². The Balaban J connectivity index is 1.53. The van der Waals surface area contributed by atoms with Gasteiger partial charge in [-0.1, -0.05) is 12.1 Å². The van der Waals surface area contributed by atoms with Crippen molar-refractivity contribution in [3.8, 4) is 0 Å². The van der Waals surface area contributed by atoms with Crippen molar-refractivity contribution in [2.75, 3.05) is 49.8 Å². The molecule has 41 heavy (non-hydrogen) atoms. The number of nitrogens with zero attached hydrogens (tertiary/aromatic N) is 3. The van der Waals surface area contributed by atoms with E-state index < -0.39 is 5.97 Å². The Morgan fingerprint density at radius 2 is 1.76 bits per heavy atom. The van der Waals surface area contributed by atoms with Gasteiger partial charge in [0.1, 0.15) is 0 Å². The number of amides is 2. The molecule has 1 aromatic heterocycles. The number of fused-ring (bicyclic) bond motifs is 2. The van der Waals surface area contributed by atoms with E-state index >= 15 is 0 Å². The number of hydrogen-bond acceptors (Lipinski definition) is 8. The van der Waals surface area contributed by atoms with Crippen molar-refractivity contribution in [3.63, 3.8) is 0 Å². The molecule has 0 atom stereocenters. The molecule has 0 radical (unpaired) electrons. The van der Waals surface area contributed by atoms with Gasteiger partial charge in [0.05, 0.1) is 45.4 Å². The molecule has 0 unspecified atom stereocenters. The lowest BCUT2D eigenvalue weighted by atomic mass is 9.98. The maximum atomic E-state index is 13.4. The normalized spacial score (nSPS) is 13.6. The summed E-state index contributed by atoms with van der Waals surface area (Å²) >= 11 is 1.55. The third-order valence-electron chi connectivity index (χ3n) is 6.87. The van der Waals surface area contributed by atoms with Gasteiger partial charge >= 0.3 is 5.97 Å². The molecule has 2 N–H and O–H groups in total. The van der Waals surface area contributed by atoms with Crippen LogP contribution < -0.4 is 15.5 Å². The van der Waals surface area contributed by atoms with E-state index in [1.807, 2.05) is 56.6 Å². The summed E-state index contributed by atoms with van der Waals surface area (Å²) in [6, 6.07) is 18.5. The molecule has 1 aliphatic heterocycles. The summed E-state index contributed by atoms with van der Waals surface area (Å²) in [5.74, 6) is -0.786. The molecule has 10 heteroatoms. The highest BCUT2D eigenvalue weighted by molar-refractivity contribution is 7.16. The Labute approximate surface area is 242 Å². The molecule has 0 spiro atoms. The summed E-state index contributed by atoms with van der Waals surface area (Å²) in [5, 5.41) is 6.35. The SMILES string of the molecule is COC(=O)c1ccc2c(c1)NC(=O)C2=C(Nc1ccc(N(CCCN(C)C)C(C)=O)cc1)c1ccc2scnc2c1. The minimum atomic E-state index is -0.479. The number of esters is 1. The highest BCUT2D eigenvalue weighted by Crippen LogP contribution is 2.39. The second-order valence-corrected chi connectivity index (χ2v) is 10.9. The number of aromatic nitrogens is 1. The van der Waals surface area contributed by atoms with Gasteiger partial charge in [-0.25, -0.2) is 9.78 Å². The van der Waals surface area contributed by atoms with Crippen LogP contribution in [0.3, 0.4) is 0 Å². The van der Waals surface area contributed by atoms with E-state index in [1.54, 1.807) is 46.9 Å². The van der Waals surface area contributed by atoms with Gasteiger partial charge in [0, 0.05) is 36.0 Å². The average Bonchev–Trinajstić information content (AvgIpc) is 3.56. The summed E-state index contributed by atoms with van der Waals surface area (Å²) in [6.07, 6.45) is 0.855. The molecule has 0 saturated carbocycles. The number of nitrogens with one attached hydrogen (secondary N) is 2. The Kier molecular flexibility index (Phi) is 8.14. The van der Waals surface area contributed by atoms with Crippen LogP contribution >= 0.6 is 11.3 Å². The van der Waals surface area contributed by atoms with Gasteiger partial charge < -0.3 is 25.2 Å². The van der Waals surface area contributed by atoms with Crippen molar-refractivity contribution in [2.24, 2.45) is 0 Å². The quantitative estimate of drug-likeness (QED) is 0.208. The fraction of sp³-hybridized carbons (Fsp3) is 0.226.